The summed E-state index contributed by atoms with van der Waals surface area (Å²) >= 11 is 0. The van der Waals surface area contributed by atoms with Gasteiger partial charge in [-0.15, -0.1) is 9.05 Å². The molecule has 0 aliphatic heterocycles. The van der Waals surface area contributed by atoms with Crippen molar-refractivity contribution >= 4 is 8.25 Å². The van der Waals surface area contributed by atoms with Gasteiger partial charge in [0.2, 0.25) is 0 Å². The molecule has 0 bridgehead atoms. The summed E-state index contributed by atoms with van der Waals surface area (Å²) in [6.07, 6.45) is 1.20. The fraction of sp³-hybridized carbons (Fsp3) is 0.250. The monoisotopic (exact) mass is 321 g/mol. The van der Waals surface area contributed by atoms with Crippen molar-refractivity contribution in [1.29, 1.82) is 0 Å². The van der Waals surface area contributed by atoms with E-state index in [0.717, 1.165) is 11.1 Å². The van der Waals surface area contributed by atoms with E-state index in [1.807, 2.05) is 0 Å². The number of aromatic hydroxyl groups is 2. The molecule has 0 spiro atoms. The summed E-state index contributed by atoms with van der Waals surface area (Å²) in [5, 5.41) is 18.3. The molecule has 0 fully saturated rings. The van der Waals surface area contributed by atoms with E-state index in [9.17, 15) is 4.57 Å². The fourth-order valence-corrected chi connectivity index (χ4v) is 2.39. The van der Waals surface area contributed by atoms with Crippen molar-refractivity contribution < 1.29 is 23.8 Å². The first-order valence-electron chi connectivity index (χ1n) is 6.92. The van der Waals surface area contributed by atoms with E-state index in [1.165, 1.54) is 0 Å². The number of phenolic OH excluding ortho intramolecular Hbond substituents is 2. The minimum Gasteiger partial charge on any atom is -0.508 e. The van der Waals surface area contributed by atoms with Crippen LogP contribution in [0.5, 0.6) is 11.5 Å². The van der Waals surface area contributed by atoms with E-state index in [0.29, 0.717) is 26.1 Å². The Morgan fingerprint density at radius 2 is 1.09 bits per heavy atom. The van der Waals surface area contributed by atoms with Crippen molar-refractivity contribution in [2.45, 2.75) is 12.8 Å². The molecular weight excluding hydrogens is 303 g/mol. The van der Waals surface area contributed by atoms with Gasteiger partial charge in [0.15, 0.2) is 0 Å². The van der Waals surface area contributed by atoms with Gasteiger partial charge in [-0.3, -0.25) is 0 Å². The smallest absolute Gasteiger partial charge is 0.508 e. The number of hydrogen-bond donors (Lipinski definition) is 2. The van der Waals surface area contributed by atoms with E-state index in [4.69, 9.17) is 19.3 Å². The van der Waals surface area contributed by atoms with Crippen LogP contribution in [0.4, 0.5) is 0 Å². The number of rotatable bonds is 8. The van der Waals surface area contributed by atoms with Gasteiger partial charge in [0.1, 0.15) is 24.7 Å². The van der Waals surface area contributed by atoms with Gasteiger partial charge in [-0.25, -0.2) is 0 Å². The highest BCUT2D eigenvalue weighted by Gasteiger charge is 2.19. The molecule has 22 heavy (non-hydrogen) atoms. The van der Waals surface area contributed by atoms with Crippen molar-refractivity contribution in [1.82, 2.24) is 0 Å². The zero-order chi connectivity index (χ0) is 15.8. The minimum atomic E-state index is -2.13. The van der Waals surface area contributed by atoms with Crippen molar-refractivity contribution in [2.24, 2.45) is 0 Å². The van der Waals surface area contributed by atoms with Crippen molar-refractivity contribution in [3.63, 3.8) is 0 Å². The molecule has 0 saturated heterocycles. The second kappa shape index (κ2) is 8.49. The Morgan fingerprint density at radius 1 is 0.727 bits per heavy atom. The van der Waals surface area contributed by atoms with Crippen molar-refractivity contribution in [2.75, 3.05) is 13.2 Å². The maximum atomic E-state index is 11.6. The average molecular weight is 321 g/mol. The lowest BCUT2D eigenvalue weighted by Gasteiger charge is -1.98. The SMILES string of the molecule is O=[P+](OCCc1ccc(O)cc1)OCCc1ccc(O)cc1. The number of phenols is 2. The summed E-state index contributed by atoms with van der Waals surface area (Å²) in [7, 11) is -2.13. The Balaban J connectivity index is 1.61. The Kier molecular flexibility index (Phi) is 6.34. The summed E-state index contributed by atoms with van der Waals surface area (Å²) in [4.78, 5) is 0. The maximum Gasteiger partial charge on any atom is 0.697 e. The molecule has 2 N–H and O–H groups in total. The van der Waals surface area contributed by atoms with Gasteiger partial charge in [-0.1, -0.05) is 24.3 Å². The summed E-state index contributed by atoms with van der Waals surface area (Å²) in [5.74, 6) is 0.432. The Morgan fingerprint density at radius 3 is 1.45 bits per heavy atom. The molecule has 6 heteroatoms. The predicted octanol–water partition coefficient (Wildman–Crippen LogP) is 3.57. The van der Waals surface area contributed by atoms with Crippen LogP contribution in [0, 0.1) is 0 Å². The molecule has 0 heterocycles. The van der Waals surface area contributed by atoms with Crippen LogP contribution in [0.1, 0.15) is 11.1 Å². The second-order valence-electron chi connectivity index (χ2n) is 4.72. The zero-order valence-corrected chi connectivity index (χ0v) is 12.9. The minimum absolute atomic E-state index is 0.216. The van der Waals surface area contributed by atoms with Gasteiger partial charge in [0.05, 0.1) is 0 Å². The highest BCUT2D eigenvalue weighted by atomic mass is 31.1. The normalized spacial score (nSPS) is 10.5. The molecule has 0 aromatic heterocycles. The summed E-state index contributed by atoms with van der Waals surface area (Å²) in [5.41, 5.74) is 1.98. The van der Waals surface area contributed by atoms with Crippen LogP contribution in [0.3, 0.4) is 0 Å². The highest BCUT2D eigenvalue weighted by molar-refractivity contribution is 7.33. The standard InChI is InChI=1S/C16H17O5P/c17-15-5-1-13(2-6-15)9-11-20-22(19)21-12-10-14-3-7-16(18)8-4-14/h1-8H,9-12H2,(H-,17,18)/p+1. The van der Waals surface area contributed by atoms with E-state index >= 15 is 0 Å². The molecule has 0 unspecified atom stereocenters. The van der Waals surface area contributed by atoms with Crippen LogP contribution < -0.4 is 0 Å². The largest absolute Gasteiger partial charge is 0.697 e. The topological polar surface area (TPSA) is 76.0 Å². The van der Waals surface area contributed by atoms with E-state index in [2.05, 4.69) is 0 Å². The Hall–Kier alpha value is -1.94. The first-order valence-corrected chi connectivity index (χ1v) is 8.02. The second-order valence-corrected chi connectivity index (χ2v) is 5.69. The van der Waals surface area contributed by atoms with Gasteiger partial charge in [-0.2, -0.15) is 0 Å². The van der Waals surface area contributed by atoms with Gasteiger partial charge < -0.3 is 10.2 Å². The van der Waals surface area contributed by atoms with E-state index in [1.54, 1.807) is 48.5 Å². The quantitative estimate of drug-likeness (QED) is 0.727. The van der Waals surface area contributed by atoms with Gasteiger partial charge >= 0.3 is 8.25 Å². The summed E-state index contributed by atoms with van der Waals surface area (Å²) in [6, 6.07) is 13.6. The Labute approximate surface area is 130 Å². The van der Waals surface area contributed by atoms with Crippen LogP contribution in [-0.2, 0) is 26.5 Å². The van der Waals surface area contributed by atoms with E-state index < -0.39 is 8.25 Å². The number of hydrogen-bond acceptors (Lipinski definition) is 5. The lowest BCUT2D eigenvalue weighted by atomic mass is 10.2. The molecular formula is C16H18O5P+. The van der Waals surface area contributed by atoms with Gasteiger partial charge in [0, 0.05) is 17.4 Å². The molecule has 0 aliphatic carbocycles. The number of benzene rings is 2. The molecule has 2 rings (SSSR count). The van der Waals surface area contributed by atoms with Crippen molar-refractivity contribution in [3.8, 4) is 11.5 Å². The summed E-state index contributed by atoms with van der Waals surface area (Å²) in [6.45, 7) is 0.582. The lowest BCUT2D eigenvalue weighted by Crippen LogP contribution is -1.97. The molecule has 0 saturated carbocycles. The van der Waals surface area contributed by atoms with Crippen LogP contribution in [0.25, 0.3) is 0 Å². The van der Waals surface area contributed by atoms with Crippen molar-refractivity contribution in [3.05, 3.63) is 59.7 Å². The highest BCUT2D eigenvalue weighted by Crippen LogP contribution is 2.24. The lowest BCUT2D eigenvalue weighted by molar-refractivity contribution is 0.229. The van der Waals surface area contributed by atoms with Gasteiger partial charge in [0.25, 0.3) is 0 Å². The average Bonchev–Trinajstić information content (AvgIpc) is 2.51. The third-order valence-electron chi connectivity index (χ3n) is 3.05. The first-order chi connectivity index (χ1) is 10.6. The molecule has 2 aromatic carbocycles. The molecule has 2 aromatic rings. The fourth-order valence-electron chi connectivity index (χ4n) is 1.84. The molecule has 0 atom stereocenters. The maximum absolute atomic E-state index is 11.6. The third kappa shape index (κ3) is 5.82. The third-order valence-corrected chi connectivity index (χ3v) is 3.83. The van der Waals surface area contributed by atoms with Crippen LogP contribution in [0.2, 0.25) is 0 Å². The predicted molar refractivity (Wildman–Crippen MR) is 83.1 cm³/mol. The van der Waals surface area contributed by atoms with Crippen LogP contribution in [0.15, 0.2) is 48.5 Å². The van der Waals surface area contributed by atoms with Crippen LogP contribution in [-0.4, -0.2) is 23.4 Å². The molecule has 5 nitrogen and oxygen atoms in total. The first kappa shape index (κ1) is 16.4. The molecule has 0 amide bonds. The Bertz CT molecular complexity index is 541. The van der Waals surface area contributed by atoms with Crippen LogP contribution >= 0.6 is 8.25 Å². The zero-order valence-electron chi connectivity index (χ0n) is 12.0. The molecule has 116 valence electrons. The molecule has 0 aliphatic rings. The summed E-state index contributed by atoms with van der Waals surface area (Å²) < 4.78 is 21.8. The van der Waals surface area contributed by atoms with Gasteiger partial charge in [-0.05, 0) is 35.4 Å². The van der Waals surface area contributed by atoms with E-state index in [-0.39, 0.29) is 11.5 Å². The molecule has 0 radical (unpaired) electrons.